The summed E-state index contributed by atoms with van der Waals surface area (Å²) in [7, 11) is 0. The van der Waals surface area contributed by atoms with E-state index in [2.05, 4.69) is 24.2 Å². The van der Waals surface area contributed by atoms with Crippen LogP contribution in [0.25, 0.3) is 0 Å². The third-order valence-electron chi connectivity index (χ3n) is 2.85. The lowest BCUT2D eigenvalue weighted by atomic mass is 10.1. The van der Waals surface area contributed by atoms with Crippen molar-refractivity contribution >= 4 is 11.4 Å². The van der Waals surface area contributed by atoms with Gasteiger partial charge in [0.1, 0.15) is 6.61 Å². The molecule has 0 unspecified atom stereocenters. The van der Waals surface area contributed by atoms with Crippen molar-refractivity contribution in [3.63, 3.8) is 0 Å². The number of nitrogens with two attached hydrogens (primary N) is 1. The Morgan fingerprint density at radius 2 is 1.76 bits per heavy atom. The van der Waals surface area contributed by atoms with Crippen LogP contribution in [0, 0.1) is 6.92 Å². The van der Waals surface area contributed by atoms with E-state index in [1.165, 1.54) is 5.56 Å². The molecule has 0 saturated carbocycles. The summed E-state index contributed by atoms with van der Waals surface area (Å²) >= 11 is 0. The average Bonchev–Trinajstić information content (AvgIpc) is 2.51. The molecule has 0 amide bonds. The van der Waals surface area contributed by atoms with Gasteiger partial charge in [-0.1, -0.05) is 61.0 Å². The average molecular weight is 284 g/mol. The van der Waals surface area contributed by atoms with Crippen LogP contribution in [0.4, 0.5) is 5.69 Å². The Bertz CT molecular complexity index is 574. The monoisotopic (exact) mass is 284 g/mol. The molecule has 0 heterocycles. The number of oxime groups is 1. The standard InChI is InChI=1S/C16H18N2O.C2H6/c1-12-4-3-5-15(10-12)13(2)18-19-11-14-6-8-16(17)9-7-14;1-2/h3-10H,11,17H2,1-2H3;1-2H3/b18-13+;. The van der Waals surface area contributed by atoms with Crippen molar-refractivity contribution < 1.29 is 4.84 Å². The molecule has 0 fully saturated rings. The molecule has 0 aliphatic heterocycles. The Balaban J connectivity index is 0.00000106. The van der Waals surface area contributed by atoms with Crippen molar-refractivity contribution in [1.29, 1.82) is 0 Å². The lowest BCUT2D eigenvalue weighted by molar-refractivity contribution is 0.130. The van der Waals surface area contributed by atoms with Gasteiger partial charge in [0.15, 0.2) is 0 Å². The molecule has 0 aromatic heterocycles. The SMILES string of the molecule is C/C(=N\OCc1ccc(N)cc1)c1cccc(C)c1.CC. The molecule has 2 N–H and O–H groups in total. The maximum Gasteiger partial charge on any atom is 0.142 e. The zero-order valence-corrected chi connectivity index (χ0v) is 13.3. The van der Waals surface area contributed by atoms with Gasteiger partial charge in [0, 0.05) is 5.69 Å². The van der Waals surface area contributed by atoms with Crippen molar-refractivity contribution in [2.24, 2.45) is 5.16 Å². The number of rotatable bonds is 4. The van der Waals surface area contributed by atoms with E-state index in [1.54, 1.807) is 0 Å². The maximum atomic E-state index is 5.63. The highest BCUT2D eigenvalue weighted by atomic mass is 16.6. The molecule has 2 rings (SSSR count). The summed E-state index contributed by atoms with van der Waals surface area (Å²) in [6.07, 6.45) is 0. The van der Waals surface area contributed by atoms with Gasteiger partial charge in [-0.25, -0.2) is 0 Å². The fourth-order valence-electron chi connectivity index (χ4n) is 1.74. The van der Waals surface area contributed by atoms with E-state index >= 15 is 0 Å². The molecule has 0 spiro atoms. The Morgan fingerprint density at radius 3 is 2.38 bits per heavy atom. The molecule has 112 valence electrons. The molecule has 2 aromatic rings. The molecule has 3 nitrogen and oxygen atoms in total. The number of nitrogen functional groups attached to an aromatic ring is 1. The molecule has 3 heteroatoms. The minimum absolute atomic E-state index is 0.448. The number of benzene rings is 2. The van der Waals surface area contributed by atoms with Crippen molar-refractivity contribution in [2.75, 3.05) is 5.73 Å². The van der Waals surface area contributed by atoms with Gasteiger partial charge in [-0.15, -0.1) is 0 Å². The molecular weight excluding hydrogens is 260 g/mol. The van der Waals surface area contributed by atoms with Crippen LogP contribution >= 0.6 is 0 Å². The van der Waals surface area contributed by atoms with Crippen molar-refractivity contribution in [2.45, 2.75) is 34.3 Å². The van der Waals surface area contributed by atoms with Gasteiger partial charge >= 0.3 is 0 Å². The van der Waals surface area contributed by atoms with Gasteiger partial charge in [-0.2, -0.15) is 0 Å². The second kappa shape index (κ2) is 8.80. The molecule has 2 aromatic carbocycles. The van der Waals surface area contributed by atoms with Gasteiger partial charge < -0.3 is 10.6 Å². The quantitative estimate of drug-likeness (QED) is 0.509. The number of aryl methyl sites for hydroxylation is 1. The smallest absolute Gasteiger partial charge is 0.142 e. The number of hydrogen-bond acceptors (Lipinski definition) is 3. The van der Waals surface area contributed by atoms with Gasteiger partial charge in [0.05, 0.1) is 5.71 Å². The number of anilines is 1. The first-order chi connectivity index (χ1) is 10.1. The molecular formula is C18H24N2O. The Morgan fingerprint density at radius 1 is 1.10 bits per heavy atom. The summed E-state index contributed by atoms with van der Waals surface area (Å²) in [6, 6.07) is 15.8. The number of nitrogens with zero attached hydrogens (tertiary/aromatic N) is 1. The van der Waals surface area contributed by atoms with Gasteiger partial charge in [-0.05, 0) is 37.1 Å². The fourth-order valence-corrected chi connectivity index (χ4v) is 1.74. The lowest BCUT2D eigenvalue weighted by Crippen LogP contribution is -1.97. The normalized spacial score (nSPS) is 10.6. The van der Waals surface area contributed by atoms with Crippen LogP contribution < -0.4 is 5.73 Å². The topological polar surface area (TPSA) is 47.6 Å². The minimum atomic E-state index is 0.448. The van der Waals surface area contributed by atoms with Crippen LogP contribution in [-0.2, 0) is 11.4 Å². The van der Waals surface area contributed by atoms with Crippen LogP contribution in [0.5, 0.6) is 0 Å². The first-order valence-electron chi connectivity index (χ1n) is 7.23. The summed E-state index contributed by atoms with van der Waals surface area (Å²) in [5.74, 6) is 0. The van der Waals surface area contributed by atoms with Crippen molar-refractivity contribution in [3.05, 3.63) is 65.2 Å². The molecule has 0 saturated heterocycles. The first kappa shape index (κ1) is 16.8. The third-order valence-corrected chi connectivity index (χ3v) is 2.85. The first-order valence-corrected chi connectivity index (χ1v) is 7.23. The zero-order chi connectivity index (χ0) is 15.7. The summed E-state index contributed by atoms with van der Waals surface area (Å²) < 4.78 is 0. The van der Waals surface area contributed by atoms with Crippen molar-refractivity contribution in [1.82, 2.24) is 0 Å². The van der Waals surface area contributed by atoms with E-state index in [0.29, 0.717) is 6.61 Å². The lowest BCUT2D eigenvalue weighted by Gasteiger charge is -2.04. The predicted octanol–water partition coefficient (Wildman–Crippen LogP) is 4.54. The summed E-state index contributed by atoms with van der Waals surface area (Å²) in [5, 5.41) is 4.14. The van der Waals surface area contributed by atoms with Crippen LogP contribution in [0.3, 0.4) is 0 Å². The second-order valence-corrected chi connectivity index (χ2v) is 4.56. The Hall–Kier alpha value is -2.29. The van der Waals surface area contributed by atoms with Gasteiger partial charge in [0.25, 0.3) is 0 Å². The third kappa shape index (κ3) is 5.69. The Kier molecular flexibility index (Phi) is 7.02. The molecule has 0 aliphatic rings. The van der Waals surface area contributed by atoms with Gasteiger partial charge in [-0.3, -0.25) is 0 Å². The minimum Gasteiger partial charge on any atom is -0.399 e. The second-order valence-electron chi connectivity index (χ2n) is 4.56. The predicted molar refractivity (Wildman–Crippen MR) is 90.4 cm³/mol. The molecule has 0 atom stereocenters. The Labute approximate surface area is 127 Å². The van der Waals surface area contributed by atoms with Crippen LogP contribution in [0.1, 0.15) is 37.5 Å². The van der Waals surface area contributed by atoms with E-state index in [9.17, 15) is 0 Å². The highest BCUT2D eigenvalue weighted by molar-refractivity contribution is 5.98. The number of hydrogen-bond donors (Lipinski definition) is 1. The summed E-state index contributed by atoms with van der Waals surface area (Å²) in [4.78, 5) is 5.36. The molecule has 0 radical (unpaired) electrons. The highest BCUT2D eigenvalue weighted by Gasteiger charge is 1.98. The fraction of sp³-hybridized carbons (Fsp3) is 0.278. The molecule has 0 bridgehead atoms. The van der Waals surface area contributed by atoms with Crippen LogP contribution in [0.15, 0.2) is 53.7 Å². The van der Waals surface area contributed by atoms with E-state index in [-0.39, 0.29) is 0 Å². The summed E-state index contributed by atoms with van der Waals surface area (Å²) in [6.45, 7) is 8.45. The van der Waals surface area contributed by atoms with E-state index < -0.39 is 0 Å². The van der Waals surface area contributed by atoms with E-state index in [1.807, 2.05) is 57.2 Å². The van der Waals surface area contributed by atoms with Crippen molar-refractivity contribution in [3.8, 4) is 0 Å². The van der Waals surface area contributed by atoms with Crippen LogP contribution in [-0.4, -0.2) is 5.71 Å². The van der Waals surface area contributed by atoms with Crippen LogP contribution in [0.2, 0.25) is 0 Å². The van der Waals surface area contributed by atoms with E-state index in [0.717, 1.165) is 22.5 Å². The largest absolute Gasteiger partial charge is 0.399 e. The zero-order valence-electron chi connectivity index (χ0n) is 13.3. The van der Waals surface area contributed by atoms with Gasteiger partial charge in [0.2, 0.25) is 0 Å². The highest BCUT2D eigenvalue weighted by Crippen LogP contribution is 2.08. The maximum absolute atomic E-state index is 5.63. The molecule has 0 aliphatic carbocycles. The van der Waals surface area contributed by atoms with E-state index in [4.69, 9.17) is 10.6 Å². The molecule has 21 heavy (non-hydrogen) atoms. The summed E-state index contributed by atoms with van der Waals surface area (Å²) in [5.41, 5.74) is 10.6.